The van der Waals surface area contributed by atoms with Gasteiger partial charge in [0.15, 0.2) is 5.60 Å². The molecule has 0 fully saturated rings. The molecule has 0 spiro atoms. The molecule has 0 saturated heterocycles. The summed E-state index contributed by atoms with van der Waals surface area (Å²) in [5.41, 5.74) is -3.66. The number of phenolic OH excluding ortho intramolecular Hbond substituents is 1. The number of nitrogens with zero attached hydrogens (tertiary/aromatic N) is 2. The van der Waals surface area contributed by atoms with Crippen molar-refractivity contribution >= 4 is 28.2 Å². The topological polar surface area (TPSA) is 79.7 Å². The number of aryl methyl sites for hydroxylation is 1. The zero-order valence-corrected chi connectivity index (χ0v) is 18.3. The Labute approximate surface area is 187 Å². The molecule has 2 N–H and O–H groups in total. The molecule has 170 valence electrons. The van der Waals surface area contributed by atoms with Gasteiger partial charge < -0.3 is 20.5 Å². The summed E-state index contributed by atoms with van der Waals surface area (Å²) in [4.78, 5) is 4.33. The summed E-state index contributed by atoms with van der Waals surface area (Å²) in [6, 6.07) is 8.24. The van der Waals surface area contributed by atoms with E-state index < -0.39 is 35.4 Å². The third-order valence-electron chi connectivity index (χ3n) is 6.11. The van der Waals surface area contributed by atoms with Gasteiger partial charge in [-0.25, -0.2) is 0 Å². The Bertz CT molecular complexity index is 1220. The van der Waals surface area contributed by atoms with Gasteiger partial charge in [0.05, 0.1) is 16.6 Å². The van der Waals surface area contributed by atoms with Gasteiger partial charge in [-0.2, -0.15) is 13.2 Å². The molecule has 0 unspecified atom stereocenters. The predicted octanol–water partition coefficient (Wildman–Crippen LogP) is 5.92. The van der Waals surface area contributed by atoms with Crippen molar-refractivity contribution in [2.24, 2.45) is 0 Å². The average Bonchev–Trinajstić information content (AvgIpc) is 2.68. The second-order valence-corrected chi connectivity index (χ2v) is 9.27. The standard InChI is InChI=1S/C23H21ClF3N2O3/c1-12-7-8-13-16(28-12)5-4-6-17(13)29(32)20-14-9-10-15(24)19(30)18(14)21(2,3)11-22(20,31)23(25,26)27/h4-10,20,30-31H,11H2,1-3H3/q-1/t20-,22-/m1/s1. The Balaban J connectivity index is 2.02. The van der Waals surface area contributed by atoms with Crippen LogP contribution >= 0.6 is 11.6 Å². The Morgan fingerprint density at radius 2 is 1.84 bits per heavy atom. The fourth-order valence-corrected chi connectivity index (χ4v) is 4.94. The first kappa shape index (κ1) is 22.6. The maximum atomic E-state index is 14.3. The smallest absolute Gasteiger partial charge is 0.419 e. The number of phenols is 1. The number of pyridine rings is 1. The molecule has 0 aliphatic heterocycles. The second kappa shape index (κ2) is 7.23. The molecule has 0 radical (unpaired) electrons. The highest BCUT2D eigenvalue weighted by molar-refractivity contribution is 6.32. The number of halogens is 4. The lowest BCUT2D eigenvalue weighted by atomic mass is 9.63. The van der Waals surface area contributed by atoms with Crippen molar-refractivity contribution in [2.45, 2.75) is 50.4 Å². The van der Waals surface area contributed by atoms with Crippen LogP contribution in [0.1, 0.15) is 43.1 Å². The van der Waals surface area contributed by atoms with E-state index in [4.69, 9.17) is 11.6 Å². The van der Waals surface area contributed by atoms with Crippen LogP contribution in [0, 0.1) is 12.1 Å². The summed E-state index contributed by atoms with van der Waals surface area (Å²) >= 11 is 6.04. The predicted molar refractivity (Wildman–Crippen MR) is 117 cm³/mol. The van der Waals surface area contributed by atoms with Gasteiger partial charge >= 0.3 is 6.18 Å². The Morgan fingerprint density at radius 3 is 2.50 bits per heavy atom. The van der Waals surface area contributed by atoms with Gasteiger partial charge in [0.1, 0.15) is 5.75 Å². The average molecular weight is 466 g/mol. The monoisotopic (exact) mass is 465 g/mol. The minimum Gasteiger partial charge on any atom is -0.758 e. The number of fused-ring (bicyclic) bond motifs is 2. The molecule has 4 rings (SSSR count). The van der Waals surface area contributed by atoms with Crippen molar-refractivity contribution in [3.05, 3.63) is 69.5 Å². The van der Waals surface area contributed by atoms with E-state index in [1.165, 1.54) is 38.1 Å². The van der Waals surface area contributed by atoms with E-state index in [1.54, 1.807) is 25.1 Å². The number of aromatic hydroxyl groups is 1. The number of anilines is 1. The third-order valence-corrected chi connectivity index (χ3v) is 6.41. The SMILES string of the molecule is Cc1ccc2c(N([O-])[C@@H]3c4ccc(Cl)c(O)c4C(C)(C)C[C@]3(O)C(F)(F)F)cccc2n1. The van der Waals surface area contributed by atoms with E-state index in [9.17, 15) is 28.6 Å². The van der Waals surface area contributed by atoms with E-state index in [0.717, 1.165) is 0 Å². The lowest BCUT2D eigenvalue weighted by Crippen LogP contribution is -2.60. The van der Waals surface area contributed by atoms with Gasteiger partial charge in [-0.1, -0.05) is 37.6 Å². The molecule has 1 heterocycles. The maximum Gasteiger partial charge on any atom is 0.419 e. The second-order valence-electron chi connectivity index (χ2n) is 8.87. The van der Waals surface area contributed by atoms with E-state index in [0.29, 0.717) is 16.6 Å². The molecule has 32 heavy (non-hydrogen) atoms. The Morgan fingerprint density at radius 1 is 1.16 bits per heavy atom. The zero-order valence-electron chi connectivity index (χ0n) is 17.5. The quantitative estimate of drug-likeness (QED) is 0.459. The van der Waals surface area contributed by atoms with Crippen molar-refractivity contribution in [1.82, 2.24) is 4.98 Å². The van der Waals surface area contributed by atoms with Crippen molar-refractivity contribution < 1.29 is 23.4 Å². The van der Waals surface area contributed by atoms with Crippen LogP contribution in [0.2, 0.25) is 5.02 Å². The molecule has 9 heteroatoms. The lowest BCUT2D eigenvalue weighted by Gasteiger charge is -2.55. The molecule has 1 aromatic heterocycles. The number of benzene rings is 2. The Hall–Kier alpha value is -2.55. The number of alkyl halides is 3. The summed E-state index contributed by atoms with van der Waals surface area (Å²) in [5, 5.41) is 35.8. The molecule has 2 aromatic carbocycles. The van der Waals surface area contributed by atoms with Crippen molar-refractivity contribution in [3.63, 3.8) is 0 Å². The van der Waals surface area contributed by atoms with E-state index in [-0.39, 0.29) is 26.9 Å². The Kier molecular flexibility index (Phi) is 5.11. The molecular formula is C23H21ClF3N2O3-. The van der Waals surface area contributed by atoms with Crippen LogP contribution in [0.5, 0.6) is 5.75 Å². The fourth-order valence-electron chi connectivity index (χ4n) is 4.78. The molecule has 1 aliphatic carbocycles. The van der Waals surface area contributed by atoms with Gasteiger partial charge in [0, 0.05) is 22.3 Å². The minimum atomic E-state index is -5.12. The number of hydrogen-bond acceptors (Lipinski definition) is 5. The van der Waals surface area contributed by atoms with E-state index >= 15 is 0 Å². The molecule has 1 aliphatic rings. The normalized spacial score (nSPS) is 22.6. The van der Waals surface area contributed by atoms with Crippen LogP contribution in [0.25, 0.3) is 10.9 Å². The summed E-state index contributed by atoms with van der Waals surface area (Å²) < 4.78 is 43.0. The molecule has 2 atom stereocenters. The largest absolute Gasteiger partial charge is 0.758 e. The summed E-state index contributed by atoms with van der Waals surface area (Å²) in [6.07, 6.45) is -5.96. The fraction of sp³-hybridized carbons (Fsp3) is 0.348. The van der Waals surface area contributed by atoms with Gasteiger partial charge in [-0.3, -0.25) is 4.98 Å². The first-order valence-electron chi connectivity index (χ1n) is 9.91. The first-order chi connectivity index (χ1) is 14.8. The first-order valence-corrected chi connectivity index (χ1v) is 10.3. The van der Waals surface area contributed by atoms with Crippen molar-refractivity contribution in [3.8, 4) is 5.75 Å². The van der Waals surface area contributed by atoms with Crippen molar-refractivity contribution in [2.75, 3.05) is 5.06 Å². The minimum absolute atomic E-state index is 0.0460. The van der Waals surface area contributed by atoms with Crippen LogP contribution in [-0.4, -0.2) is 27.0 Å². The van der Waals surface area contributed by atoms with Crippen LogP contribution < -0.4 is 5.06 Å². The molecule has 0 amide bonds. The molecular weight excluding hydrogens is 445 g/mol. The molecule has 0 saturated carbocycles. The van der Waals surface area contributed by atoms with Crippen LogP contribution in [0.4, 0.5) is 18.9 Å². The van der Waals surface area contributed by atoms with Gasteiger partial charge in [0.2, 0.25) is 0 Å². The van der Waals surface area contributed by atoms with E-state index in [2.05, 4.69) is 4.98 Å². The van der Waals surface area contributed by atoms with Crippen LogP contribution in [0.3, 0.4) is 0 Å². The molecule has 0 bridgehead atoms. The van der Waals surface area contributed by atoms with Crippen LogP contribution in [0.15, 0.2) is 42.5 Å². The number of hydrogen-bond donors (Lipinski definition) is 2. The molecule has 5 nitrogen and oxygen atoms in total. The lowest BCUT2D eigenvalue weighted by molar-refractivity contribution is -0.278. The third kappa shape index (κ3) is 3.29. The number of aromatic nitrogens is 1. The summed E-state index contributed by atoms with van der Waals surface area (Å²) in [7, 11) is 0. The summed E-state index contributed by atoms with van der Waals surface area (Å²) in [6.45, 7) is 4.69. The highest BCUT2D eigenvalue weighted by Gasteiger charge is 2.64. The molecule has 3 aromatic rings. The summed E-state index contributed by atoms with van der Waals surface area (Å²) in [5.74, 6) is -0.396. The van der Waals surface area contributed by atoms with Gasteiger partial charge in [-0.15, -0.1) is 0 Å². The van der Waals surface area contributed by atoms with Crippen LogP contribution in [-0.2, 0) is 5.41 Å². The van der Waals surface area contributed by atoms with Crippen molar-refractivity contribution in [1.29, 1.82) is 0 Å². The van der Waals surface area contributed by atoms with E-state index in [1.807, 2.05) is 0 Å². The van der Waals surface area contributed by atoms with Gasteiger partial charge in [0.25, 0.3) is 0 Å². The maximum absolute atomic E-state index is 14.3. The zero-order chi connectivity index (χ0) is 23.6. The number of hydroxylamine groups is 1. The number of rotatable bonds is 2. The number of aliphatic hydroxyl groups is 1. The highest BCUT2D eigenvalue weighted by atomic mass is 35.5. The highest BCUT2D eigenvalue weighted by Crippen LogP contribution is 2.58. The van der Waals surface area contributed by atoms with Gasteiger partial charge in [-0.05, 0) is 54.7 Å².